The molecule has 0 bridgehead atoms. The van der Waals surface area contributed by atoms with E-state index >= 15 is 0 Å². The number of carbonyl (C=O) groups excluding carboxylic acids is 1. The van der Waals surface area contributed by atoms with Crippen molar-refractivity contribution < 1.29 is 4.79 Å². The van der Waals surface area contributed by atoms with Gasteiger partial charge in [-0.05, 0) is 25.1 Å². The molecule has 0 saturated heterocycles. The van der Waals surface area contributed by atoms with Crippen LogP contribution in [0, 0.1) is 0 Å². The Morgan fingerprint density at radius 2 is 1.83 bits per heavy atom. The highest BCUT2D eigenvalue weighted by Gasteiger charge is 2.11. The van der Waals surface area contributed by atoms with E-state index in [9.17, 15) is 4.79 Å². The van der Waals surface area contributed by atoms with E-state index in [1.54, 1.807) is 4.90 Å². The van der Waals surface area contributed by atoms with E-state index < -0.39 is 0 Å². The molecule has 2 N–H and O–H groups in total. The van der Waals surface area contributed by atoms with Crippen LogP contribution in [0.1, 0.15) is 18.1 Å². The molecule has 0 aromatic heterocycles. The summed E-state index contributed by atoms with van der Waals surface area (Å²) in [6.07, 6.45) is 0. The van der Waals surface area contributed by atoms with E-state index in [1.807, 2.05) is 44.1 Å². The molecule has 100 valence electrons. The van der Waals surface area contributed by atoms with Crippen molar-refractivity contribution in [3.63, 3.8) is 0 Å². The lowest BCUT2D eigenvalue weighted by atomic mass is 10.1. The molecule has 1 amide bonds. The molecular weight excluding hydrogens is 226 g/mol. The average Bonchev–Trinajstić information content (AvgIpc) is 2.38. The van der Waals surface area contributed by atoms with Crippen LogP contribution in [-0.2, 0) is 17.9 Å². The molecule has 0 aliphatic rings. The first-order valence-corrected chi connectivity index (χ1v) is 6.27. The number of likely N-dealkylation sites (N-methyl/N-ethyl adjacent to an activating group) is 2. The smallest absolute Gasteiger partial charge is 0.236 e. The zero-order valence-corrected chi connectivity index (χ0v) is 11.5. The van der Waals surface area contributed by atoms with Gasteiger partial charge in [0.15, 0.2) is 0 Å². The van der Waals surface area contributed by atoms with Crippen LogP contribution in [0.15, 0.2) is 24.3 Å². The summed E-state index contributed by atoms with van der Waals surface area (Å²) >= 11 is 0. The second kappa shape index (κ2) is 7.13. The number of benzene rings is 1. The van der Waals surface area contributed by atoms with E-state index in [0.29, 0.717) is 13.1 Å². The first-order chi connectivity index (χ1) is 8.58. The molecule has 0 unspecified atom stereocenters. The first kappa shape index (κ1) is 14.7. The lowest BCUT2D eigenvalue weighted by Crippen LogP contribution is -2.36. The monoisotopic (exact) mass is 249 g/mol. The highest BCUT2D eigenvalue weighted by Crippen LogP contribution is 2.10. The minimum absolute atomic E-state index is 0.144. The molecule has 0 aliphatic heterocycles. The summed E-state index contributed by atoms with van der Waals surface area (Å²) in [7, 11) is 3.78. The van der Waals surface area contributed by atoms with Crippen molar-refractivity contribution >= 4 is 5.91 Å². The summed E-state index contributed by atoms with van der Waals surface area (Å²) in [6.45, 7) is 4.43. The van der Waals surface area contributed by atoms with Crippen LogP contribution in [-0.4, -0.2) is 42.9 Å². The van der Waals surface area contributed by atoms with Crippen LogP contribution < -0.4 is 5.73 Å². The van der Waals surface area contributed by atoms with Gasteiger partial charge < -0.3 is 10.6 Å². The Morgan fingerprint density at radius 3 is 2.39 bits per heavy atom. The molecule has 4 heteroatoms. The van der Waals surface area contributed by atoms with Crippen LogP contribution in [0.25, 0.3) is 0 Å². The molecule has 0 saturated carbocycles. The lowest BCUT2D eigenvalue weighted by molar-refractivity contribution is -0.130. The van der Waals surface area contributed by atoms with E-state index in [1.165, 1.54) is 5.56 Å². The largest absolute Gasteiger partial charge is 0.345 e. The van der Waals surface area contributed by atoms with Gasteiger partial charge in [-0.25, -0.2) is 0 Å². The summed E-state index contributed by atoms with van der Waals surface area (Å²) in [6, 6.07) is 8.08. The second-order valence-electron chi connectivity index (χ2n) is 4.55. The number of nitrogens with two attached hydrogens (primary N) is 1. The van der Waals surface area contributed by atoms with Crippen LogP contribution in [0.5, 0.6) is 0 Å². The molecule has 0 fully saturated rings. The zero-order chi connectivity index (χ0) is 13.5. The molecule has 0 spiro atoms. The van der Waals surface area contributed by atoms with Gasteiger partial charge >= 0.3 is 0 Å². The summed E-state index contributed by atoms with van der Waals surface area (Å²) in [4.78, 5) is 15.5. The highest BCUT2D eigenvalue weighted by atomic mass is 16.2. The summed E-state index contributed by atoms with van der Waals surface area (Å²) < 4.78 is 0. The first-order valence-electron chi connectivity index (χ1n) is 6.27. The third kappa shape index (κ3) is 4.13. The zero-order valence-electron chi connectivity index (χ0n) is 11.5. The van der Waals surface area contributed by atoms with E-state index in [0.717, 1.165) is 18.7 Å². The van der Waals surface area contributed by atoms with Crippen molar-refractivity contribution in [2.45, 2.75) is 20.0 Å². The van der Waals surface area contributed by atoms with Crippen molar-refractivity contribution in [3.05, 3.63) is 35.4 Å². The number of hydrogen-bond donors (Lipinski definition) is 1. The molecule has 0 radical (unpaired) electrons. The van der Waals surface area contributed by atoms with Gasteiger partial charge in [-0.3, -0.25) is 9.69 Å². The molecule has 0 aliphatic carbocycles. The molecule has 0 atom stereocenters. The predicted molar refractivity (Wildman–Crippen MR) is 74.0 cm³/mol. The molecule has 18 heavy (non-hydrogen) atoms. The Bertz CT molecular complexity index is 392. The lowest BCUT2D eigenvalue weighted by Gasteiger charge is -2.21. The van der Waals surface area contributed by atoms with Gasteiger partial charge in [0.05, 0.1) is 6.54 Å². The van der Waals surface area contributed by atoms with E-state index in [-0.39, 0.29) is 5.91 Å². The molecule has 1 aromatic rings. The number of nitrogens with zero attached hydrogens (tertiary/aromatic N) is 2. The fraction of sp³-hybridized carbons (Fsp3) is 0.500. The standard InChI is InChI=1S/C14H23N3O/c1-4-17(3)14(18)11-16(2)10-13-8-6-5-7-12(13)9-15/h5-8H,4,9-11,15H2,1-3H3. The Labute approximate surface area is 109 Å². The quantitative estimate of drug-likeness (QED) is 0.820. The fourth-order valence-electron chi connectivity index (χ4n) is 1.79. The third-order valence-electron chi connectivity index (χ3n) is 3.08. The second-order valence-corrected chi connectivity index (χ2v) is 4.55. The summed E-state index contributed by atoms with van der Waals surface area (Å²) in [5.74, 6) is 0.144. The number of amides is 1. The Hall–Kier alpha value is -1.39. The maximum atomic E-state index is 11.8. The molecule has 0 heterocycles. The highest BCUT2D eigenvalue weighted by molar-refractivity contribution is 5.77. The maximum Gasteiger partial charge on any atom is 0.236 e. The normalized spacial score (nSPS) is 10.7. The minimum atomic E-state index is 0.144. The van der Waals surface area contributed by atoms with Crippen molar-refractivity contribution in [1.82, 2.24) is 9.80 Å². The van der Waals surface area contributed by atoms with Gasteiger partial charge in [-0.2, -0.15) is 0 Å². The van der Waals surface area contributed by atoms with Crippen molar-refractivity contribution in [2.24, 2.45) is 5.73 Å². The maximum absolute atomic E-state index is 11.8. The van der Waals surface area contributed by atoms with Gasteiger partial charge in [0, 0.05) is 26.7 Å². The molecule has 4 nitrogen and oxygen atoms in total. The SMILES string of the molecule is CCN(C)C(=O)CN(C)Cc1ccccc1CN. The Balaban J connectivity index is 2.59. The van der Waals surface area contributed by atoms with E-state index in [4.69, 9.17) is 5.73 Å². The fourth-order valence-corrected chi connectivity index (χ4v) is 1.79. The Morgan fingerprint density at radius 1 is 1.22 bits per heavy atom. The van der Waals surface area contributed by atoms with Gasteiger partial charge in [-0.1, -0.05) is 24.3 Å². The van der Waals surface area contributed by atoms with Crippen LogP contribution in [0.4, 0.5) is 0 Å². The van der Waals surface area contributed by atoms with Crippen molar-refractivity contribution in [1.29, 1.82) is 0 Å². The number of hydrogen-bond acceptors (Lipinski definition) is 3. The molecular formula is C14H23N3O. The topological polar surface area (TPSA) is 49.6 Å². The average molecular weight is 249 g/mol. The van der Waals surface area contributed by atoms with Crippen LogP contribution >= 0.6 is 0 Å². The van der Waals surface area contributed by atoms with Crippen LogP contribution in [0.3, 0.4) is 0 Å². The summed E-state index contributed by atoms with van der Waals surface area (Å²) in [5.41, 5.74) is 8.03. The van der Waals surface area contributed by atoms with Gasteiger partial charge in [0.2, 0.25) is 5.91 Å². The van der Waals surface area contributed by atoms with Crippen LogP contribution in [0.2, 0.25) is 0 Å². The molecule has 1 rings (SSSR count). The number of rotatable bonds is 6. The van der Waals surface area contributed by atoms with Gasteiger partial charge in [-0.15, -0.1) is 0 Å². The van der Waals surface area contributed by atoms with E-state index in [2.05, 4.69) is 6.07 Å². The number of carbonyl (C=O) groups is 1. The summed E-state index contributed by atoms with van der Waals surface area (Å²) in [5, 5.41) is 0. The molecule has 1 aromatic carbocycles. The van der Waals surface area contributed by atoms with Gasteiger partial charge in [0.1, 0.15) is 0 Å². The minimum Gasteiger partial charge on any atom is -0.345 e. The predicted octanol–water partition coefficient (Wildman–Crippen LogP) is 1.06. The van der Waals surface area contributed by atoms with Crippen molar-refractivity contribution in [3.8, 4) is 0 Å². The van der Waals surface area contributed by atoms with Crippen molar-refractivity contribution in [2.75, 3.05) is 27.2 Å². The third-order valence-corrected chi connectivity index (χ3v) is 3.08. The van der Waals surface area contributed by atoms with Gasteiger partial charge in [0.25, 0.3) is 0 Å². The Kier molecular flexibility index (Phi) is 5.82.